The van der Waals surface area contributed by atoms with E-state index in [-0.39, 0.29) is 25.9 Å². The monoisotopic (exact) mass is 438 g/mol. The third-order valence-electron chi connectivity index (χ3n) is 4.30. The maximum atomic E-state index is 12.9. The summed E-state index contributed by atoms with van der Waals surface area (Å²) in [7, 11) is 0. The first-order chi connectivity index (χ1) is 13.6. The van der Waals surface area contributed by atoms with E-state index in [1.165, 1.54) is 9.80 Å². The van der Waals surface area contributed by atoms with Crippen molar-refractivity contribution < 1.29 is 38.1 Å². The summed E-state index contributed by atoms with van der Waals surface area (Å²) in [6.07, 6.45) is -5.30. The van der Waals surface area contributed by atoms with Crippen LogP contribution in [0, 0.1) is 0 Å². The topological polar surface area (TPSA) is 99.5 Å². The van der Waals surface area contributed by atoms with Crippen molar-refractivity contribution in [1.29, 1.82) is 0 Å². The molecule has 2 fully saturated rings. The van der Waals surface area contributed by atoms with Crippen LogP contribution in [0.3, 0.4) is 0 Å². The average molecular weight is 439 g/mol. The van der Waals surface area contributed by atoms with Crippen LogP contribution in [0.5, 0.6) is 0 Å². The smallest absolute Gasteiger partial charge is 0.410 e. The molecule has 2 heterocycles. The Kier molecular flexibility index (Phi) is 9.28. The zero-order valence-corrected chi connectivity index (χ0v) is 18.7. The van der Waals surface area contributed by atoms with Crippen LogP contribution in [-0.4, -0.2) is 94.1 Å². The molecule has 2 amide bonds. The van der Waals surface area contributed by atoms with E-state index in [1.54, 1.807) is 41.5 Å². The highest BCUT2D eigenvalue weighted by molar-refractivity contribution is 5.68. The summed E-state index contributed by atoms with van der Waals surface area (Å²) >= 11 is 0. The largest absolute Gasteiger partial charge is 0.444 e. The van der Waals surface area contributed by atoms with Crippen LogP contribution >= 0.6 is 0 Å². The predicted molar refractivity (Wildman–Crippen MR) is 107 cm³/mol. The Morgan fingerprint density at radius 2 is 1.07 bits per heavy atom. The van der Waals surface area contributed by atoms with Gasteiger partial charge in [0.05, 0.1) is 13.1 Å². The second kappa shape index (κ2) is 10.6. The minimum Gasteiger partial charge on any atom is -0.444 e. The molecule has 0 aromatic heterocycles. The van der Waals surface area contributed by atoms with Gasteiger partial charge in [0.15, 0.2) is 0 Å². The number of aliphatic hydroxyl groups excluding tert-OH is 2. The number of carbonyl (C=O) groups excluding carboxylic acids is 2. The molecule has 0 bridgehead atoms. The molecule has 0 saturated carbocycles. The zero-order valence-electron chi connectivity index (χ0n) is 18.7. The number of hydrogen-bond acceptors (Lipinski definition) is 6. The first kappa shape index (κ1) is 26.4. The number of ether oxygens (including phenoxy) is 2. The number of aliphatic hydroxyl groups is 2. The van der Waals surface area contributed by atoms with Crippen molar-refractivity contribution in [3.8, 4) is 0 Å². The van der Waals surface area contributed by atoms with E-state index < -0.39 is 47.9 Å². The van der Waals surface area contributed by atoms with Crippen LogP contribution in [0.25, 0.3) is 0 Å². The van der Waals surface area contributed by atoms with Crippen LogP contribution in [-0.2, 0) is 9.47 Å². The second-order valence-electron chi connectivity index (χ2n) is 9.60. The Morgan fingerprint density at radius 3 is 1.30 bits per heavy atom. The quantitative estimate of drug-likeness (QED) is 0.603. The number of rotatable bonds is 0. The summed E-state index contributed by atoms with van der Waals surface area (Å²) in [6, 6.07) is 0. The van der Waals surface area contributed by atoms with Gasteiger partial charge < -0.3 is 29.5 Å². The second-order valence-corrected chi connectivity index (χ2v) is 9.60. The molecule has 2 aliphatic rings. The molecule has 0 aromatic rings. The molecule has 2 rings (SSSR count). The van der Waals surface area contributed by atoms with Gasteiger partial charge in [0.25, 0.3) is 0 Å². The van der Waals surface area contributed by atoms with Gasteiger partial charge in [0.1, 0.15) is 35.8 Å². The fourth-order valence-electron chi connectivity index (χ4n) is 2.79. The van der Waals surface area contributed by atoms with Crippen LogP contribution in [0.1, 0.15) is 54.4 Å². The first-order valence-electron chi connectivity index (χ1n) is 10.2. The Balaban J connectivity index is 0.000000300. The molecule has 0 aromatic carbocycles. The molecule has 2 aliphatic heterocycles. The average Bonchev–Trinajstić information content (AvgIpc) is 2.57. The number of likely N-dealkylation sites (tertiary alicyclic amines) is 2. The molecule has 0 radical (unpaired) electrons. The number of amides is 2. The van der Waals surface area contributed by atoms with Gasteiger partial charge in [-0.1, -0.05) is 0 Å². The van der Waals surface area contributed by atoms with Gasteiger partial charge in [0.2, 0.25) is 0 Å². The van der Waals surface area contributed by atoms with Gasteiger partial charge in [-0.25, -0.2) is 18.4 Å². The summed E-state index contributed by atoms with van der Waals surface area (Å²) in [4.78, 5) is 25.8. The Labute approximate surface area is 177 Å². The highest BCUT2D eigenvalue weighted by atomic mass is 19.1. The summed E-state index contributed by atoms with van der Waals surface area (Å²) in [5.74, 6) is 0. The molecular weight excluding hydrogens is 402 g/mol. The van der Waals surface area contributed by atoms with Gasteiger partial charge in [-0.2, -0.15) is 0 Å². The number of halogens is 2. The van der Waals surface area contributed by atoms with Gasteiger partial charge in [-0.05, 0) is 54.4 Å². The Bertz CT molecular complexity index is 529. The Hall–Kier alpha value is -1.68. The van der Waals surface area contributed by atoms with Crippen molar-refractivity contribution in [1.82, 2.24) is 9.80 Å². The van der Waals surface area contributed by atoms with Gasteiger partial charge in [-0.15, -0.1) is 0 Å². The molecule has 0 spiro atoms. The van der Waals surface area contributed by atoms with E-state index in [0.717, 1.165) is 0 Å². The van der Waals surface area contributed by atoms with Crippen molar-refractivity contribution >= 4 is 12.2 Å². The molecule has 0 aliphatic carbocycles. The van der Waals surface area contributed by atoms with Crippen molar-refractivity contribution in [2.45, 2.75) is 90.1 Å². The minimum atomic E-state index is -1.23. The standard InChI is InChI=1S/2C10H18FNO3/c2*1-10(2,3)15-9(14)12-5-4-7(11)8(13)6-12/h2*7-8,13H,4-6H2,1-3H3/t2*7-,8-/m10/s1. The van der Waals surface area contributed by atoms with E-state index in [2.05, 4.69) is 0 Å². The molecule has 2 N–H and O–H groups in total. The maximum Gasteiger partial charge on any atom is 0.410 e. The molecule has 0 unspecified atom stereocenters. The lowest BCUT2D eigenvalue weighted by atomic mass is 10.1. The van der Waals surface area contributed by atoms with E-state index in [4.69, 9.17) is 9.47 Å². The van der Waals surface area contributed by atoms with Gasteiger partial charge in [0, 0.05) is 13.1 Å². The molecule has 2 saturated heterocycles. The normalized spacial score (nSPS) is 27.7. The van der Waals surface area contributed by atoms with Crippen molar-refractivity contribution in [2.75, 3.05) is 26.2 Å². The summed E-state index contributed by atoms with van der Waals surface area (Å²) in [6.45, 7) is 11.2. The SMILES string of the molecule is CC(C)(C)OC(=O)N1CC[C@@H](F)[C@H](O)C1.CC(C)(C)OC(=O)N1CC[C@H](F)[C@@H](O)C1. The summed E-state index contributed by atoms with van der Waals surface area (Å²) < 4.78 is 36.1. The van der Waals surface area contributed by atoms with Crippen LogP contribution in [0.2, 0.25) is 0 Å². The number of alkyl halides is 2. The number of nitrogens with zero attached hydrogens (tertiary/aromatic N) is 2. The molecule has 4 atom stereocenters. The van der Waals surface area contributed by atoms with Gasteiger partial charge >= 0.3 is 12.2 Å². The molecule has 10 heteroatoms. The van der Waals surface area contributed by atoms with Crippen molar-refractivity contribution in [2.24, 2.45) is 0 Å². The van der Waals surface area contributed by atoms with Crippen LogP contribution in [0.4, 0.5) is 18.4 Å². The first-order valence-corrected chi connectivity index (χ1v) is 10.2. The summed E-state index contributed by atoms with van der Waals surface area (Å²) in [5.41, 5.74) is -1.12. The van der Waals surface area contributed by atoms with E-state index in [1.807, 2.05) is 0 Å². The highest BCUT2D eigenvalue weighted by Gasteiger charge is 2.33. The van der Waals surface area contributed by atoms with E-state index >= 15 is 0 Å². The van der Waals surface area contributed by atoms with Crippen LogP contribution in [0.15, 0.2) is 0 Å². The lowest BCUT2D eigenvalue weighted by Crippen LogP contribution is -2.49. The number of piperidine rings is 2. The molecular formula is C20H36F2N2O6. The summed E-state index contributed by atoms with van der Waals surface area (Å²) in [5, 5.41) is 18.5. The van der Waals surface area contributed by atoms with E-state index in [0.29, 0.717) is 13.1 Å². The number of carbonyl (C=O) groups is 2. The van der Waals surface area contributed by atoms with E-state index in [9.17, 15) is 28.6 Å². The fraction of sp³-hybridized carbons (Fsp3) is 0.900. The highest BCUT2D eigenvalue weighted by Crippen LogP contribution is 2.18. The van der Waals surface area contributed by atoms with Crippen molar-refractivity contribution in [3.63, 3.8) is 0 Å². The fourth-order valence-corrected chi connectivity index (χ4v) is 2.79. The number of hydrogen-bond donors (Lipinski definition) is 2. The predicted octanol–water partition coefficient (Wildman–Crippen LogP) is 2.65. The van der Waals surface area contributed by atoms with Crippen molar-refractivity contribution in [3.05, 3.63) is 0 Å². The third-order valence-corrected chi connectivity index (χ3v) is 4.30. The van der Waals surface area contributed by atoms with Crippen LogP contribution < -0.4 is 0 Å². The maximum absolute atomic E-state index is 12.9. The molecule has 176 valence electrons. The Morgan fingerprint density at radius 1 is 0.767 bits per heavy atom. The number of β-amino-alcohol motifs (C(OH)–C–C–N with tert-alkyl or cyclic N) is 2. The lowest BCUT2D eigenvalue weighted by molar-refractivity contribution is -0.0206. The lowest BCUT2D eigenvalue weighted by Gasteiger charge is -2.33. The molecule has 8 nitrogen and oxygen atoms in total. The molecule has 30 heavy (non-hydrogen) atoms. The minimum absolute atomic E-state index is 0.0100. The third kappa shape index (κ3) is 9.42. The zero-order chi connectivity index (χ0) is 23.3. The van der Waals surface area contributed by atoms with Gasteiger partial charge in [-0.3, -0.25) is 0 Å².